The van der Waals surface area contributed by atoms with Crippen molar-refractivity contribution in [3.63, 3.8) is 0 Å². The molecule has 10 rings (SSSR count). The number of amides is 1. The summed E-state index contributed by atoms with van der Waals surface area (Å²) in [5.41, 5.74) is 7.59. The van der Waals surface area contributed by atoms with Crippen molar-refractivity contribution in [3.8, 4) is 17.2 Å². The van der Waals surface area contributed by atoms with Gasteiger partial charge in [-0.15, -0.1) is 0 Å². The molecule has 4 aliphatic rings. The molecule has 5 aromatic carbocycles. The Kier molecular flexibility index (Phi) is 13.1. The van der Waals surface area contributed by atoms with E-state index in [1.165, 1.54) is 30.9 Å². The molecular formula is C53H52N4O12. The molecule has 1 amide bonds. The third kappa shape index (κ3) is 8.82. The van der Waals surface area contributed by atoms with Crippen LogP contribution in [-0.2, 0) is 44.9 Å². The maximum absolute atomic E-state index is 13.6. The number of aliphatic hydroxyl groups excluding tert-OH is 2. The number of Topliss-reactive ketones (excluding diaryl/α,β-unsaturated/α-hetero) is 1. The first kappa shape index (κ1) is 47.0. The Labute approximate surface area is 396 Å². The van der Waals surface area contributed by atoms with Crippen molar-refractivity contribution in [2.75, 3.05) is 30.5 Å². The van der Waals surface area contributed by atoms with Crippen molar-refractivity contribution in [3.05, 3.63) is 153 Å². The highest BCUT2D eigenvalue weighted by Gasteiger charge is 2.50. The van der Waals surface area contributed by atoms with Crippen LogP contribution in [-0.4, -0.2) is 104 Å². The second-order valence-corrected chi connectivity index (χ2v) is 17.8. The number of benzene rings is 5. The molecule has 2 aliphatic carbocycles. The second kappa shape index (κ2) is 19.2. The van der Waals surface area contributed by atoms with Crippen molar-refractivity contribution >= 4 is 45.7 Å². The number of hydrogen-bond donors (Lipinski definition) is 7. The predicted molar refractivity (Wildman–Crippen MR) is 253 cm³/mol. The van der Waals surface area contributed by atoms with Gasteiger partial charge in [0, 0.05) is 66.0 Å². The molecule has 0 radical (unpaired) electrons. The quantitative estimate of drug-likeness (QED) is 0.0894. The van der Waals surface area contributed by atoms with E-state index in [0.717, 1.165) is 53.0 Å². The van der Waals surface area contributed by atoms with Crippen molar-refractivity contribution < 1.29 is 58.9 Å². The number of pyridine rings is 1. The van der Waals surface area contributed by atoms with E-state index in [1.807, 2.05) is 60.7 Å². The summed E-state index contributed by atoms with van der Waals surface area (Å²) < 4.78 is 17.0. The maximum atomic E-state index is 13.6. The number of phenols is 2. The number of methoxy groups -OCH3 is 1. The number of fused-ring (bicyclic) bond motifs is 5. The molecule has 1 saturated heterocycles. The van der Waals surface area contributed by atoms with Crippen molar-refractivity contribution in [2.45, 2.75) is 81.8 Å². The summed E-state index contributed by atoms with van der Waals surface area (Å²) in [5.74, 6) is -2.79. The minimum absolute atomic E-state index is 0.00117. The summed E-state index contributed by atoms with van der Waals surface area (Å²) in [6, 6.07) is 32.0. The first-order chi connectivity index (χ1) is 33.2. The molecule has 3 heterocycles. The summed E-state index contributed by atoms with van der Waals surface area (Å²) in [7, 11) is 1.32. The summed E-state index contributed by atoms with van der Waals surface area (Å²) in [5, 5.41) is 57.9. The fourth-order valence-electron chi connectivity index (χ4n) is 9.91. The Bertz CT molecular complexity index is 2970. The third-order valence-corrected chi connectivity index (χ3v) is 13.4. The number of phenolic OH excluding ortho intramolecular Hbond substituents is 2. The van der Waals surface area contributed by atoms with E-state index in [-0.39, 0.29) is 40.3 Å². The summed E-state index contributed by atoms with van der Waals surface area (Å²) in [6.45, 7) is 2.27. The molecular weight excluding hydrogens is 885 g/mol. The fraction of sp³-hybridized carbons (Fsp3) is 0.302. The number of aromatic hydroxyl groups is 2. The highest BCUT2D eigenvalue weighted by molar-refractivity contribution is 6.31. The van der Waals surface area contributed by atoms with Crippen LogP contribution in [0.2, 0.25) is 0 Å². The summed E-state index contributed by atoms with van der Waals surface area (Å²) >= 11 is 0. The fourth-order valence-corrected chi connectivity index (χ4v) is 9.91. The lowest BCUT2D eigenvalue weighted by atomic mass is 9.72. The van der Waals surface area contributed by atoms with Crippen LogP contribution in [0.5, 0.6) is 17.2 Å². The lowest BCUT2D eigenvalue weighted by Gasteiger charge is -2.42. The van der Waals surface area contributed by atoms with Gasteiger partial charge in [-0.3, -0.25) is 19.2 Å². The van der Waals surface area contributed by atoms with Gasteiger partial charge in [-0.2, -0.15) is 0 Å². The van der Waals surface area contributed by atoms with Crippen molar-refractivity contribution in [1.29, 1.82) is 0 Å². The minimum Gasteiger partial charge on any atom is -0.507 e. The predicted octanol–water partition coefficient (Wildman–Crippen LogP) is 4.98. The Hall–Kier alpha value is -7.05. The topological polar surface area (TPSA) is 251 Å². The standard InChI is InChI=1S/C27H29NO11.C26H23N3O/c1-10-22(31)13(28)6-17(38-10)39-15-8-27(36,16(30)9-29)7-12-19(15)26(35)21-20(24(12)33)23(32)11-4-3-5-14(37-2)18(11)25(21)34;30-24(17-19-9-3-1-4-10-19)28-25-21-13-7-8-14-23(21)27-26-22(25)15-16-29(26)18-20-11-5-2-6-12-20/h3-5,10,13,15,17,22,29,31,33,35-36H,6-9,28H2,1-2H3;1-14H,15-18H2,(H,27,28,30)/t10-,13-,15-,17-,22+,27-;/m0./s1. The number of carbonyl (C=O) groups is 4. The monoisotopic (exact) mass is 936 g/mol. The molecule has 1 aromatic heterocycles. The molecule has 0 spiro atoms. The number of aromatic nitrogens is 1. The molecule has 0 unspecified atom stereocenters. The first-order valence-corrected chi connectivity index (χ1v) is 22.7. The van der Waals surface area contributed by atoms with Crippen LogP contribution in [0.25, 0.3) is 10.9 Å². The second-order valence-electron chi connectivity index (χ2n) is 17.8. The number of nitrogens with one attached hydrogen (secondary N) is 1. The number of nitrogens with zero attached hydrogens (tertiary/aromatic N) is 2. The van der Waals surface area contributed by atoms with Crippen LogP contribution in [0.4, 0.5) is 11.5 Å². The molecule has 0 bridgehead atoms. The largest absolute Gasteiger partial charge is 0.507 e. The van der Waals surface area contributed by atoms with Gasteiger partial charge in [-0.05, 0) is 36.6 Å². The number of hydrogen-bond acceptors (Lipinski definition) is 15. The Morgan fingerprint density at radius 3 is 2.26 bits per heavy atom. The maximum Gasteiger partial charge on any atom is 0.228 e. The smallest absolute Gasteiger partial charge is 0.228 e. The van der Waals surface area contributed by atoms with Gasteiger partial charge >= 0.3 is 0 Å². The van der Waals surface area contributed by atoms with E-state index in [1.54, 1.807) is 6.92 Å². The molecule has 6 atom stereocenters. The van der Waals surface area contributed by atoms with Gasteiger partial charge in [0.2, 0.25) is 11.7 Å². The zero-order chi connectivity index (χ0) is 48.7. The van der Waals surface area contributed by atoms with E-state index in [0.29, 0.717) is 6.42 Å². The van der Waals surface area contributed by atoms with Crippen LogP contribution < -0.4 is 20.7 Å². The summed E-state index contributed by atoms with van der Waals surface area (Å²) in [6.07, 6.45) is -3.89. The van der Waals surface area contributed by atoms with Crippen molar-refractivity contribution in [1.82, 2.24) is 4.98 Å². The SMILES string of the molecule is COc1cccc2c1C(=O)c1c(O)c3c(c(O)c1C2=O)C[C@@](O)(C(=O)CO)C[C@@H]3O[C@H]1C[C@H](N)[C@H](O)[C@H](C)O1.O=C(Cc1ccccc1)Nc1c2c(nc3ccccc13)N(Cc1ccccc1)CC2. The zero-order valence-corrected chi connectivity index (χ0v) is 37.9. The number of para-hydroxylation sites is 1. The van der Waals surface area contributed by atoms with Crippen LogP contribution in [0.3, 0.4) is 0 Å². The molecule has 0 saturated carbocycles. The van der Waals surface area contributed by atoms with E-state index >= 15 is 0 Å². The van der Waals surface area contributed by atoms with Gasteiger partial charge in [-0.25, -0.2) is 4.98 Å². The lowest BCUT2D eigenvalue weighted by Crippen LogP contribution is -2.53. The summed E-state index contributed by atoms with van der Waals surface area (Å²) in [4.78, 5) is 59.9. The molecule has 16 nitrogen and oxygen atoms in total. The number of ketones is 3. The van der Waals surface area contributed by atoms with Gasteiger partial charge in [0.05, 0.1) is 59.7 Å². The average Bonchev–Trinajstić information content (AvgIpc) is 3.75. The van der Waals surface area contributed by atoms with E-state index in [4.69, 9.17) is 24.9 Å². The van der Waals surface area contributed by atoms with Gasteiger partial charge in [-0.1, -0.05) is 91.0 Å². The minimum atomic E-state index is -2.24. The molecule has 356 valence electrons. The van der Waals surface area contributed by atoms with Gasteiger partial charge in [0.1, 0.15) is 35.3 Å². The van der Waals surface area contributed by atoms with Crippen LogP contribution in [0, 0.1) is 0 Å². The number of rotatable bonds is 10. The Morgan fingerprint density at radius 1 is 0.884 bits per heavy atom. The van der Waals surface area contributed by atoms with Gasteiger partial charge < -0.3 is 55.7 Å². The Balaban J connectivity index is 0.000000177. The van der Waals surface area contributed by atoms with Crippen LogP contribution in [0.1, 0.15) is 85.5 Å². The molecule has 2 aliphatic heterocycles. The molecule has 6 aromatic rings. The highest BCUT2D eigenvalue weighted by Crippen LogP contribution is 2.52. The number of ether oxygens (including phenoxy) is 3. The van der Waals surface area contributed by atoms with Crippen LogP contribution in [0.15, 0.2) is 103 Å². The normalized spacial score (nSPS) is 22.4. The van der Waals surface area contributed by atoms with Crippen LogP contribution >= 0.6 is 0 Å². The number of carbonyl (C=O) groups excluding carboxylic acids is 4. The van der Waals surface area contributed by atoms with E-state index < -0.39 is 95.7 Å². The number of aliphatic hydroxyl groups is 3. The van der Waals surface area contributed by atoms with Crippen molar-refractivity contribution in [2.24, 2.45) is 5.73 Å². The van der Waals surface area contributed by atoms with E-state index in [2.05, 4.69) is 34.5 Å². The molecule has 16 heteroatoms. The van der Waals surface area contributed by atoms with E-state index in [9.17, 15) is 44.7 Å². The lowest BCUT2D eigenvalue weighted by molar-refractivity contribution is -0.247. The number of nitrogens with two attached hydrogens (primary N) is 1. The molecule has 69 heavy (non-hydrogen) atoms. The zero-order valence-electron chi connectivity index (χ0n) is 37.9. The number of anilines is 2. The highest BCUT2D eigenvalue weighted by atomic mass is 16.7. The van der Waals surface area contributed by atoms with Gasteiger partial charge in [0.15, 0.2) is 17.9 Å². The molecule has 1 fully saturated rings. The average molecular weight is 937 g/mol. The molecule has 8 N–H and O–H groups in total. The third-order valence-electron chi connectivity index (χ3n) is 13.4. The Morgan fingerprint density at radius 2 is 1.57 bits per heavy atom. The first-order valence-electron chi connectivity index (χ1n) is 22.7. The van der Waals surface area contributed by atoms with Gasteiger partial charge in [0.25, 0.3) is 0 Å².